The molecule has 0 bridgehead atoms. The highest BCUT2D eigenvalue weighted by Crippen LogP contribution is 2.12. The molecule has 0 fully saturated rings. The maximum absolute atomic E-state index is 12.0. The molecule has 3 heteroatoms. The van der Waals surface area contributed by atoms with Crippen LogP contribution in [0.15, 0.2) is 18.2 Å². The SMILES string of the molecule is Cc1ccc(C(=O)N(C)CCC#N)c(C)c1. The summed E-state index contributed by atoms with van der Waals surface area (Å²) in [6.45, 7) is 4.40. The van der Waals surface area contributed by atoms with Gasteiger partial charge in [0.1, 0.15) is 0 Å². The van der Waals surface area contributed by atoms with E-state index in [0.717, 1.165) is 11.1 Å². The number of carbonyl (C=O) groups is 1. The van der Waals surface area contributed by atoms with E-state index in [2.05, 4.69) is 0 Å². The Morgan fingerprint density at radius 1 is 1.44 bits per heavy atom. The van der Waals surface area contributed by atoms with Crippen molar-refractivity contribution < 1.29 is 4.79 Å². The summed E-state index contributed by atoms with van der Waals surface area (Å²) in [6.07, 6.45) is 0.368. The van der Waals surface area contributed by atoms with Crippen LogP contribution in [0, 0.1) is 25.2 Å². The topological polar surface area (TPSA) is 44.1 Å². The average molecular weight is 216 g/mol. The molecular formula is C13H16N2O. The highest BCUT2D eigenvalue weighted by atomic mass is 16.2. The highest BCUT2D eigenvalue weighted by molar-refractivity contribution is 5.95. The van der Waals surface area contributed by atoms with Gasteiger partial charge in [0, 0.05) is 19.2 Å². The van der Waals surface area contributed by atoms with Gasteiger partial charge in [-0.3, -0.25) is 4.79 Å². The van der Waals surface area contributed by atoms with Gasteiger partial charge in [-0.2, -0.15) is 5.26 Å². The minimum absolute atomic E-state index is 0.0206. The highest BCUT2D eigenvalue weighted by Gasteiger charge is 2.13. The smallest absolute Gasteiger partial charge is 0.253 e. The minimum Gasteiger partial charge on any atom is -0.341 e. The first kappa shape index (κ1) is 12.3. The van der Waals surface area contributed by atoms with Crippen molar-refractivity contribution in [2.75, 3.05) is 13.6 Å². The average Bonchev–Trinajstić information content (AvgIpc) is 2.25. The maximum Gasteiger partial charge on any atom is 0.253 e. The third-order valence-corrected chi connectivity index (χ3v) is 2.52. The first-order valence-corrected chi connectivity index (χ1v) is 5.26. The molecule has 0 heterocycles. The van der Waals surface area contributed by atoms with E-state index in [1.54, 1.807) is 11.9 Å². The standard InChI is InChI=1S/C13H16N2O/c1-10-5-6-12(11(2)9-10)13(16)15(3)8-4-7-14/h5-6,9H,4,8H2,1-3H3. The van der Waals surface area contributed by atoms with Gasteiger partial charge in [0.2, 0.25) is 0 Å². The van der Waals surface area contributed by atoms with E-state index < -0.39 is 0 Å². The molecular weight excluding hydrogens is 200 g/mol. The Balaban J connectivity index is 2.84. The fraction of sp³-hybridized carbons (Fsp3) is 0.385. The van der Waals surface area contributed by atoms with Crippen LogP contribution >= 0.6 is 0 Å². The van der Waals surface area contributed by atoms with E-state index in [9.17, 15) is 4.79 Å². The van der Waals surface area contributed by atoms with Crippen LogP contribution in [-0.4, -0.2) is 24.4 Å². The van der Waals surface area contributed by atoms with E-state index in [1.165, 1.54) is 0 Å². The summed E-state index contributed by atoms with van der Waals surface area (Å²) >= 11 is 0. The molecule has 0 spiro atoms. The fourth-order valence-corrected chi connectivity index (χ4v) is 1.58. The number of benzene rings is 1. The number of hydrogen-bond acceptors (Lipinski definition) is 2. The van der Waals surface area contributed by atoms with Gasteiger partial charge in [-0.05, 0) is 25.5 Å². The van der Waals surface area contributed by atoms with E-state index >= 15 is 0 Å². The normalized spacial score (nSPS) is 9.62. The summed E-state index contributed by atoms with van der Waals surface area (Å²) < 4.78 is 0. The van der Waals surface area contributed by atoms with Crippen molar-refractivity contribution in [2.24, 2.45) is 0 Å². The summed E-state index contributed by atoms with van der Waals surface area (Å²) in [7, 11) is 1.72. The van der Waals surface area contributed by atoms with Gasteiger partial charge in [0.15, 0.2) is 0 Å². The van der Waals surface area contributed by atoms with Crippen LogP contribution < -0.4 is 0 Å². The second kappa shape index (κ2) is 5.32. The largest absolute Gasteiger partial charge is 0.341 e. The Kier molecular flexibility index (Phi) is 4.07. The third kappa shape index (κ3) is 2.83. The Morgan fingerprint density at radius 3 is 2.69 bits per heavy atom. The second-order valence-electron chi connectivity index (χ2n) is 3.95. The lowest BCUT2D eigenvalue weighted by Crippen LogP contribution is -2.28. The molecule has 1 amide bonds. The predicted octanol–water partition coefficient (Wildman–Crippen LogP) is 2.29. The summed E-state index contributed by atoms with van der Waals surface area (Å²) in [4.78, 5) is 13.6. The maximum atomic E-state index is 12.0. The Morgan fingerprint density at radius 2 is 2.12 bits per heavy atom. The second-order valence-corrected chi connectivity index (χ2v) is 3.95. The Bertz CT molecular complexity index is 432. The molecule has 1 rings (SSSR count). The zero-order valence-corrected chi connectivity index (χ0v) is 9.95. The third-order valence-electron chi connectivity index (χ3n) is 2.52. The van der Waals surface area contributed by atoms with E-state index in [1.807, 2.05) is 38.1 Å². The van der Waals surface area contributed by atoms with Gasteiger partial charge >= 0.3 is 0 Å². The molecule has 84 valence electrons. The van der Waals surface area contributed by atoms with Crippen molar-refractivity contribution in [1.82, 2.24) is 4.90 Å². The van der Waals surface area contributed by atoms with E-state index in [-0.39, 0.29) is 5.91 Å². The fourth-order valence-electron chi connectivity index (χ4n) is 1.58. The molecule has 0 aromatic heterocycles. The molecule has 0 aliphatic carbocycles. The molecule has 1 aromatic rings. The van der Waals surface area contributed by atoms with Gasteiger partial charge < -0.3 is 4.90 Å². The molecule has 0 atom stereocenters. The molecule has 3 nitrogen and oxygen atoms in total. The molecule has 1 aromatic carbocycles. The molecule has 0 N–H and O–H groups in total. The van der Waals surface area contributed by atoms with Crippen LogP contribution in [0.5, 0.6) is 0 Å². The van der Waals surface area contributed by atoms with Crippen molar-refractivity contribution >= 4 is 5.91 Å². The number of amides is 1. The quantitative estimate of drug-likeness (QED) is 0.778. The zero-order valence-electron chi connectivity index (χ0n) is 9.95. The van der Waals surface area contributed by atoms with Gasteiger partial charge in [-0.25, -0.2) is 0 Å². The number of nitriles is 1. The van der Waals surface area contributed by atoms with Crippen LogP contribution in [0.25, 0.3) is 0 Å². The lowest BCUT2D eigenvalue weighted by Gasteiger charge is -2.17. The summed E-state index contributed by atoms with van der Waals surface area (Å²) in [6, 6.07) is 7.80. The van der Waals surface area contributed by atoms with Gasteiger partial charge in [0.05, 0.1) is 12.5 Å². The van der Waals surface area contributed by atoms with Crippen LogP contribution in [-0.2, 0) is 0 Å². The molecule has 0 saturated carbocycles. The van der Waals surface area contributed by atoms with Crippen molar-refractivity contribution in [3.05, 3.63) is 34.9 Å². The predicted molar refractivity (Wildman–Crippen MR) is 63.1 cm³/mol. The van der Waals surface area contributed by atoms with Crippen molar-refractivity contribution in [2.45, 2.75) is 20.3 Å². The van der Waals surface area contributed by atoms with Crippen LogP contribution in [0.3, 0.4) is 0 Å². The number of aryl methyl sites for hydroxylation is 2. The van der Waals surface area contributed by atoms with Gasteiger partial charge in [-0.15, -0.1) is 0 Å². The van der Waals surface area contributed by atoms with Crippen LogP contribution in [0.2, 0.25) is 0 Å². The minimum atomic E-state index is -0.0206. The molecule has 0 aliphatic heterocycles. The molecule has 0 unspecified atom stereocenters. The molecule has 0 aliphatic rings. The lowest BCUT2D eigenvalue weighted by molar-refractivity contribution is 0.0797. The van der Waals surface area contributed by atoms with E-state index in [0.29, 0.717) is 18.5 Å². The first-order chi connectivity index (χ1) is 7.56. The van der Waals surface area contributed by atoms with Crippen molar-refractivity contribution in [1.29, 1.82) is 5.26 Å². The van der Waals surface area contributed by atoms with Gasteiger partial charge in [-0.1, -0.05) is 17.7 Å². The number of nitrogens with zero attached hydrogens (tertiary/aromatic N) is 2. The summed E-state index contributed by atoms with van der Waals surface area (Å²) in [5, 5.41) is 8.47. The van der Waals surface area contributed by atoms with Crippen molar-refractivity contribution in [3.8, 4) is 6.07 Å². The number of carbonyl (C=O) groups excluding carboxylic acids is 1. The lowest BCUT2D eigenvalue weighted by atomic mass is 10.0. The van der Waals surface area contributed by atoms with E-state index in [4.69, 9.17) is 5.26 Å². The summed E-state index contributed by atoms with van der Waals surface area (Å²) in [5.41, 5.74) is 2.84. The molecule has 0 radical (unpaired) electrons. The van der Waals surface area contributed by atoms with Crippen molar-refractivity contribution in [3.63, 3.8) is 0 Å². The summed E-state index contributed by atoms with van der Waals surface area (Å²) in [5.74, 6) is -0.0206. The Labute approximate surface area is 96.3 Å². The monoisotopic (exact) mass is 216 g/mol. The zero-order chi connectivity index (χ0) is 12.1. The van der Waals surface area contributed by atoms with Crippen LogP contribution in [0.4, 0.5) is 0 Å². The number of rotatable bonds is 3. The number of hydrogen-bond donors (Lipinski definition) is 0. The molecule has 0 saturated heterocycles. The Hall–Kier alpha value is -1.82. The molecule has 16 heavy (non-hydrogen) atoms. The first-order valence-electron chi connectivity index (χ1n) is 5.26. The van der Waals surface area contributed by atoms with Crippen LogP contribution in [0.1, 0.15) is 27.9 Å². The van der Waals surface area contributed by atoms with Gasteiger partial charge in [0.25, 0.3) is 5.91 Å².